The molecular formula is C17H28N2. The molecule has 1 fully saturated rings. The van der Waals surface area contributed by atoms with Gasteiger partial charge in [-0.15, -0.1) is 0 Å². The molecule has 0 saturated heterocycles. The van der Waals surface area contributed by atoms with E-state index in [1.54, 1.807) is 0 Å². The van der Waals surface area contributed by atoms with E-state index < -0.39 is 0 Å². The summed E-state index contributed by atoms with van der Waals surface area (Å²) in [7, 11) is 0. The number of nitrogens with zero attached hydrogens (tertiary/aromatic N) is 1. The minimum Gasteiger partial charge on any atom is -0.323 e. The highest BCUT2D eigenvalue weighted by Crippen LogP contribution is 2.30. The van der Waals surface area contributed by atoms with Gasteiger partial charge in [0, 0.05) is 19.1 Å². The van der Waals surface area contributed by atoms with Gasteiger partial charge in [-0.25, -0.2) is 0 Å². The van der Waals surface area contributed by atoms with Crippen LogP contribution in [0.2, 0.25) is 0 Å². The Kier molecular flexibility index (Phi) is 5.00. The quantitative estimate of drug-likeness (QED) is 0.812. The summed E-state index contributed by atoms with van der Waals surface area (Å²) in [6.45, 7) is 10.0. The SMILES string of the molecule is CCN(CC1CC1)CC(N)c1ccc(C(C)C)cc1. The van der Waals surface area contributed by atoms with Gasteiger partial charge in [0.05, 0.1) is 0 Å². The van der Waals surface area contributed by atoms with Crippen molar-refractivity contribution >= 4 is 0 Å². The normalized spacial score (nSPS) is 17.2. The molecule has 1 aromatic carbocycles. The van der Waals surface area contributed by atoms with Gasteiger partial charge >= 0.3 is 0 Å². The summed E-state index contributed by atoms with van der Waals surface area (Å²) < 4.78 is 0. The highest BCUT2D eigenvalue weighted by Gasteiger charge is 2.24. The van der Waals surface area contributed by atoms with E-state index in [2.05, 4.69) is 49.9 Å². The van der Waals surface area contributed by atoms with Crippen molar-refractivity contribution in [3.05, 3.63) is 35.4 Å². The van der Waals surface area contributed by atoms with Crippen LogP contribution in [0.15, 0.2) is 24.3 Å². The van der Waals surface area contributed by atoms with Gasteiger partial charge in [-0.1, -0.05) is 45.0 Å². The van der Waals surface area contributed by atoms with Crippen LogP contribution in [-0.2, 0) is 0 Å². The van der Waals surface area contributed by atoms with Gasteiger partial charge in [-0.3, -0.25) is 0 Å². The average molecular weight is 260 g/mol. The Morgan fingerprint density at radius 1 is 1.16 bits per heavy atom. The molecule has 0 aliphatic heterocycles. The summed E-state index contributed by atoms with van der Waals surface area (Å²) in [6.07, 6.45) is 2.82. The lowest BCUT2D eigenvalue weighted by Gasteiger charge is -2.24. The molecule has 1 aliphatic carbocycles. The molecule has 2 heteroatoms. The molecule has 1 aliphatic rings. The molecule has 1 aromatic rings. The van der Waals surface area contributed by atoms with Crippen molar-refractivity contribution in [3.8, 4) is 0 Å². The first-order valence-corrected chi connectivity index (χ1v) is 7.68. The predicted molar refractivity (Wildman–Crippen MR) is 82.3 cm³/mol. The van der Waals surface area contributed by atoms with Gasteiger partial charge in [-0.05, 0) is 42.3 Å². The molecule has 0 amide bonds. The minimum absolute atomic E-state index is 0.139. The molecule has 0 heterocycles. The molecule has 0 bridgehead atoms. The Hall–Kier alpha value is -0.860. The molecule has 106 valence electrons. The van der Waals surface area contributed by atoms with Gasteiger partial charge in [0.1, 0.15) is 0 Å². The van der Waals surface area contributed by atoms with Crippen molar-refractivity contribution in [2.75, 3.05) is 19.6 Å². The molecule has 2 rings (SSSR count). The van der Waals surface area contributed by atoms with Crippen LogP contribution >= 0.6 is 0 Å². The molecule has 19 heavy (non-hydrogen) atoms. The molecular weight excluding hydrogens is 232 g/mol. The van der Waals surface area contributed by atoms with Crippen molar-refractivity contribution < 1.29 is 0 Å². The van der Waals surface area contributed by atoms with E-state index in [-0.39, 0.29) is 6.04 Å². The summed E-state index contributed by atoms with van der Waals surface area (Å²) in [5.41, 5.74) is 9.00. The number of hydrogen-bond donors (Lipinski definition) is 1. The first-order valence-electron chi connectivity index (χ1n) is 7.68. The lowest BCUT2D eigenvalue weighted by atomic mass is 9.99. The van der Waals surface area contributed by atoms with E-state index in [0.29, 0.717) is 5.92 Å². The molecule has 0 aromatic heterocycles. The fraction of sp³-hybridized carbons (Fsp3) is 0.647. The smallest absolute Gasteiger partial charge is 0.0424 e. The zero-order valence-corrected chi connectivity index (χ0v) is 12.6. The number of benzene rings is 1. The fourth-order valence-corrected chi connectivity index (χ4v) is 2.51. The Morgan fingerprint density at radius 2 is 1.74 bits per heavy atom. The minimum atomic E-state index is 0.139. The van der Waals surface area contributed by atoms with Crippen LogP contribution in [0.1, 0.15) is 56.7 Å². The van der Waals surface area contributed by atoms with Crippen molar-refractivity contribution in [1.29, 1.82) is 0 Å². The van der Waals surface area contributed by atoms with E-state index in [1.165, 1.54) is 30.5 Å². The Labute approximate surface area is 118 Å². The topological polar surface area (TPSA) is 29.3 Å². The van der Waals surface area contributed by atoms with E-state index in [1.807, 2.05) is 0 Å². The molecule has 1 unspecified atom stereocenters. The lowest BCUT2D eigenvalue weighted by molar-refractivity contribution is 0.260. The van der Waals surface area contributed by atoms with Gasteiger partial charge in [0.2, 0.25) is 0 Å². The summed E-state index contributed by atoms with van der Waals surface area (Å²) in [6, 6.07) is 8.98. The average Bonchev–Trinajstić information content (AvgIpc) is 3.22. The number of likely N-dealkylation sites (N-methyl/N-ethyl adjacent to an activating group) is 1. The maximum Gasteiger partial charge on any atom is 0.0424 e. The van der Waals surface area contributed by atoms with Crippen LogP contribution in [-0.4, -0.2) is 24.5 Å². The van der Waals surface area contributed by atoms with Crippen molar-refractivity contribution in [2.24, 2.45) is 11.7 Å². The highest BCUT2D eigenvalue weighted by atomic mass is 15.1. The zero-order chi connectivity index (χ0) is 13.8. The van der Waals surface area contributed by atoms with Crippen molar-refractivity contribution in [2.45, 2.75) is 45.6 Å². The lowest BCUT2D eigenvalue weighted by Crippen LogP contribution is -2.33. The van der Waals surface area contributed by atoms with Crippen LogP contribution in [0.3, 0.4) is 0 Å². The number of nitrogens with two attached hydrogens (primary N) is 1. The summed E-state index contributed by atoms with van der Waals surface area (Å²) in [5.74, 6) is 1.53. The van der Waals surface area contributed by atoms with Crippen LogP contribution < -0.4 is 5.73 Å². The molecule has 2 nitrogen and oxygen atoms in total. The third-order valence-electron chi connectivity index (χ3n) is 4.15. The van der Waals surface area contributed by atoms with Gasteiger partial charge in [-0.2, -0.15) is 0 Å². The van der Waals surface area contributed by atoms with Gasteiger partial charge in [0.25, 0.3) is 0 Å². The largest absolute Gasteiger partial charge is 0.323 e. The van der Waals surface area contributed by atoms with Crippen molar-refractivity contribution in [3.63, 3.8) is 0 Å². The van der Waals surface area contributed by atoms with E-state index in [0.717, 1.165) is 19.0 Å². The second-order valence-electron chi connectivity index (χ2n) is 6.22. The second kappa shape index (κ2) is 6.53. The predicted octanol–water partition coefficient (Wildman–Crippen LogP) is 3.54. The van der Waals surface area contributed by atoms with Crippen LogP contribution in [0.4, 0.5) is 0 Å². The third kappa shape index (κ3) is 4.32. The zero-order valence-electron chi connectivity index (χ0n) is 12.6. The van der Waals surface area contributed by atoms with Gasteiger partial charge < -0.3 is 10.6 Å². The molecule has 1 atom stereocenters. The van der Waals surface area contributed by atoms with Gasteiger partial charge in [0.15, 0.2) is 0 Å². The van der Waals surface area contributed by atoms with Crippen LogP contribution in [0, 0.1) is 5.92 Å². The van der Waals surface area contributed by atoms with Crippen molar-refractivity contribution in [1.82, 2.24) is 4.90 Å². The summed E-state index contributed by atoms with van der Waals surface area (Å²) >= 11 is 0. The maximum absolute atomic E-state index is 6.35. The number of hydrogen-bond acceptors (Lipinski definition) is 2. The third-order valence-corrected chi connectivity index (χ3v) is 4.15. The Balaban J connectivity index is 1.91. The molecule has 2 N–H and O–H groups in total. The highest BCUT2D eigenvalue weighted by molar-refractivity contribution is 5.26. The molecule has 0 radical (unpaired) electrons. The fourth-order valence-electron chi connectivity index (χ4n) is 2.51. The maximum atomic E-state index is 6.35. The van der Waals surface area contributed by atoms with Crippen LogP contribution in [0.25, 0.3) is 0 Å². The molecule has 1 saturated carbocycles. The monoisotopic (exact) mass is 260 g/mol. The summed E-state index contributed by atoms with van der Waals surface area (Å²) in [4.78, 5) is 2.50. The first-order chi connectivity index (χ1) is 9.10. The molecule has 0 spiro atoms. The Morgan fingerprint density at radius 3 is 2.21 bits per heavy atom. The number of rotatable bonds is 7. The first kappa shape index (κ1) is 14.5. The van der Waals surface area contributed by atoms with Crippen LogP contribution in [0.5, 0.6) is 0 Å². The van der Waals surface area contributed by atoms with E-state index in [9.17, 15) is 0 Å². The van der Waals surface area contributed by atoms with E-state index in [4.69, 9.17) is 5.73 Å². The Bertz CT molecular complexity index is 379. The van der Waals surface area contributed by atoms with E-state index >= 15 is 0 Å². The second-order valence-corrected chi connectivity index (χ2v) is 6.22. The standard InChI is InChI=1S/C17H28N2/c1-4-19(11-14-5-6-14)12-17(18)16-9-7-15(8-10-16)13(2)3/h7-10,13-14,17H,4-6,11-12,18H2,1-3H3. The summed E-state index contributed by atoms with van der Waals surface area (Å²) in [5, 5.41) is 0.